The van der Waals surface area contributed by atoms with Crippen LogP contribution in [0.25, 0.3) is 10.8 Å². The van der Waals surface area contributed by atoms with Crippen molar-refractivity contribution in [2.45, 2.75) is 6.42 Å². The van der Waals surface area contributed by atoms with Crippen molar-refractivity contribution in [1.82, 2.24) is 4.90 Å². The Kier molecular flexibility index (Phi) is 4.06. The standard InChI is InChI=1S/C17H20N2O2/c18-10-13-7-8-19(11-13)17(20)12-21-16-6-5-14-3-1-2-4-15(14)9-16/h1-6,9,13H,7-8,10-12,18H2. The Morgan fingerprint density at radius 2 is 2.05 bits per heavy atom. The summed E-state index contributed by atoms with van der Waals surface area (Å²) in [5.74, 6) is 1.21. The molecule has 2 N–H and O–H groups in total. The molecule has 0 aliphatic carbocycles. The molecule has 2 aromatic rings. The minimum Gasteiger partial charge on any atom is -0.484 e. The zero-order chi connectivity index (χ0) is 14.7. The van der Waals surface area contributed by atoms with Gasteiger partial charge in [-0.15, -0.1) is 0 Å². The van der Waals surface area contributed by atoms with Crippen molar-refractivity contribution in [3.05, 3.63) is 42.5 Å². The summed E-state index contributed by atoms with van der Waals surface area (Å²) in [6.45, 7) is 2.29. The van der Waals surface area contributed by atoms with Crippen LogP contribution in [0, 0.1) is 5.92 Å². The predicted octanol–water partition coefficient (Wildman–Crippen LogP) is 2.03. The molecule has 0 aromatic heterocycles. The third kappa shape index (κ3) is 3.16. The molecule has 110 valence electrons. The number of nitrogens with two attached hydrogens (primary N) is 1. The van der Waals surface area contributed by atoms with Crippen LogP contribution in [0.4, 0.5) is 0 Å². The Morgan fingerprint density at radius 1 is 1.24 bits per heavy atom. The molecule has 0 bridgehead atoms. The number of carbonyl (C=O) groups excluding carboxylic acids is 1. The van der Waals surface area contributed by atoms with Crippen LogP contribution in [0.2, 0.25) is 0 Å². The number of rotatable bonds is 4. The predicted molar refractivity (Wildman–Crippen MR) is 83.2 cm³/mol. The van der Waals surface area contributed by atoms with E-state index in [1.165, 1.54) is 5.39 Å². The van der Waals surface area contributed by atoms with Gasteiger partial charge in [0.15, 0.2) is 6.61 Å². The molecule has 3 rings (SSSR count). The van der Waals surface area contributed by atoms with Crippen LogP contribution in [-0.2, 0) is 4.79 Å². The van der Waals surface area contributed by atoms with Crippen LogP contribution in [0.15, 0.2) is 42.5 Å². The van der Waals surface area contributed by atoms with E-state index in [9.17, 15) is 4.79 Å². The van der Waals surface area contributed by atoms with E-state index in [0.29, 0.717) is 12.5 Å². The van der Waals surface area contributed by atoms with Crippen molar-refractivity contribution in [3.63, 3.8) is 0 Å². The Bertz CT molecular complexity index is 641. The normalized spacial score (nSPS) is 18.1. The average molecular weight is 284 g/mol. The number of carbonyl (C=O) groups is 1. The van der Waals surface area contributed by atoms with Gasteiger partial charge >= 0.3 is 0 Å². The SMILES string of the molecule is NCC1CCN(C(=O)COc2ccc3ccccc3c2)C1. The molecule has 1 fully saturated rings. The molecule has 21 heavy (non-hydrogen) atoms. The number of nitrogens with zero attached hydrogens (tertiary/aromatic N) is 1. The molecule has 1 aliphatic rings. The lowest BCUT2D eigenvalue weighted by Gasteiger charge is -2.16. The topological polar surface area (TPSA) is 55.6 Å². The zero-order valence-corrected chi connectivity index (χ0v) is 12.0. The quantitative estimate of drug-likeness (QED) is 0.934. The van der Waals surface area contributed by atoms with Crippen molar-refractivity contribution < 1.29 is 9.53 Å². The number of amides is 1. The fraction of sp³-hybridized carbons (Fsp3) is 0.353. The van der Waals surface area contributed by atoms with Gasteiger partial charge in [-0.3, -0.25) is 4.79 Å². The number of likely N-dealkylation sites (tertiary alicyclic amines) is 1. The summed E-state index contributed by atoms with van der Waals surface area (Å²) in [5, 5.41) is 2.29. The van der Waals surface area contributed by atoms with Gasteiger partial charge in [0.25, 0.3) is 5.91 Å². The molecule has 0 spiro atoms. The highest BCUT2D eigenvalue weighted by Crippen LogP contribution is 2.21. The summed E-state index contributed by atoms with van der Waals surface area (Å²) in [6, 6.07) is 14.0. The Labute approximate surface area is 124 Å². The van der Waals surface area contributed by atoms with E-state index in [-0.39, 0.29) is 12.5 Å². The third-order valence-corrected chi connectivity index (χ3v) is 4.06. The summed E-state index contributed by atoms with van der Waals surface area (Å²) >= 11 is 0. The molecule has 1 amide bonds. The summed E-state index contributed by atoms with van der Waals surface area (Å²) in [6.07, 6.45) is 0.998. The molecule has 1 aliphatic heterocycles. The van der Waals surface area contributed by atoms with E-state index in [1.54, 1.807) is 0 Å². The van der Waals surface area contributed by atoms with E-state index >= 15 is 0 Å². The minimum absolute atomic E-state index is 0.0408. The lowest BCUT2D eigenvalue weighted by Crippen LogP contribution is -2.33. The molecule has 1 saturated heterocycles. The highest BCUT2D eigenvalue weighted by atomic mass is 16.5. The van der Waals surface area contributed by atoms with Crippen molar-refractivity contribution in [3.8, 4) is 5.75 Å². The zero-order valence-electron chi connectivity index (χ0n) is 12.0. The molecule has 1 heterocycles. The number of fused-ring (bicyclic) bond motifs is 1. The molecule has 2 aromatic carbocycles. The van der Waals surface area contributed by atoms with Crippen molar-refractivity contribution in [2.75, 3.05) is 26.2 Å². The lowest BCUT2D eigenvalue weighted by atomic mass is 10.1. The summed E-state index contributed by atoms with van der Waals surface area (Å²) in [4.78, 5) is 13.9. The van der Waals surface area contributed by atoms with Gasteiger partial charge in [-0.05, 0) is 41.8 Å². The fourth-order valence-electron chi connectivity index (χ4n) is 2.75. The number of benzene rings is 2. The fourth-order valence-corrected chi connectivity index (χ4v) is 2.75. The van der Waals surface area contributed by atoms with Crippen LogP contribution in [0.3, 0.4) is 0 Å². The summed E-state index contributed by atoms with van der Waals surface area (Å²) < 4.78 is 5.63. The molecular formula is C17H20N2O2. The van der Waals surface area contributed by atoms with Crippen molar-refractivity contribution >= 4 is 16.7 Å². The Balaban J connectivity index is 1.60. The van der Waals surface area contributed by atoms with E-state index < -0.39 is 0 Å². The number of hydrogen-bond donors (Lipinski definition) is 1. The van der Waals surface area contributed by atoms with Crippen LogP contribution in [-0.4, -0.2) is 37.0 Å². The van der Waals surface area contributed by atoms with Gasteiger partial charge in [0.2, 0.25) is 0 Å². The maximum absolute atomic E-state index is 12.1. The van der Waals surface area contributed by atoms with Gasteiger partial charge in [-0.1, -0.05) is 30.3 Å². The smallest absolute Gasteiger partial charge is 0.260 e. The second-order valence-corrected chi connectivity index (χ2v) is 5.53. The number of hydrogen-bond acceptors (Lipinski definition) is 3. The van der Waals surface area contributed by atoms with Crippen LogP contribution < -0.4 is 10.5 Å². The van der Waals surface area contributed by atoms with E-state index in [2.05, 4.69) is 6.07 Å². The highest BCUT2D eigenvalue weighted by molar-refractivity contribution is 5.84. The molecule has 0 radical (unpaired) electrons. The van der Waals surface area contributed by atoms with Gasteiger partial charge in [0, 0.05) is 13.1 Å². The first-order valence-electron chi connectivity index (χ1n) is 7.35. The lowest BCUT2D eigenvalue weighted by molar-refractivity contribution is -0.132. The average Bonchev–Trinajstić information content (AvgIpc) is 3.01. The maximum Gasteiger partial charge on any atom is 0.260 e. The molecule has 0 saturated carbocycles. The number of ether oxygens (including phenoxy) is 1. The highest BCUT2D eigenvalue weighted by Gasteiger charge is 2.25. The Morgan fingerprint density at radius 3 is 2.81 bits per heavy atom. The Hall–Kier alpha value is -2.07. The van der Waals surface area contributed by atoms with Gasteiger partial charge in [-0.25, -0.2) is 0 Å². The largest absolute Gasteiger partial charge is 0.484 e. The van der Waals surface area contributed by atoms with Crippen LogP contribution >= 0.6 is 0 Å². The molecule has 4 heteroatoms. The molecule has 4 nitrogen and oxygen atoms in total. The monoisotopic (exact) mass is 284 g/mol. The first-order chi connectivity index (χ1) is 10.3. The maximum atomic E-state index is 12.1. The van der Waals surface area contributed by atoms with Crippen molar-refractivity contribution in [2.24, 2.45) is 11.7 Å². The minimum atomic E-state index is 0.0408. The van der Waals surface area contributed by atoms with E-state index in [0.717, 1.165) is 30.6 Å². The molecule has 1 unspecified atom stereocenters. The van der Waals surface area contributed by atoms with Gasteiger partial charge in [0.1, 0.15) is 5.75 Å². The first-order valence-corrected chi connectivity index (χ1v) is 7.35. The van der Waals surface area contributed by atoms with Gasteiger partial charge < -0.3 is 15.4 Å². The first kappa shape index (κ1) is 13.9. The third-order valence-electron chi connectivity index (χ3n) is 4.06. The summed E-state index contributed by atoms with van der Waals surface area (Å²) in [5.41, 5.74) is 5.64. The van der Waals surface area contributed by atoms with Crippen LogP contribution in [0.5, 0.6) is 5.75 Å². The van der Waals surface area contributed by atoms with Crippen LogP contribution in [0.1, 0.15) is 6.42 Å². The second kappa shape index (κ2) is 6.14. The molecular weight excluding hydrogens is 264 g/mol. The molecule has 1 atom stereocenters. The van der Waals surface area contributed by atoms with Gasteiger partial charge in [-0.2, -0.15) is 0 Å². The summed E-state index contributed by atoms with van der Waals surface area (Å²) in [7, 11) is 0. The van der Waals surface area contributed by atoms with Gasteiger partial charge in [0.05, 0.1) is 0 Å². The van der Waals surface area contributed by atoms with Crippen molar-refractivity contribution in [1.29, 1.82) is 0 Å². The van der Waals surface area contributed by atoms with E-state index in [4.69, 9.17) is 10.5 Å². The van der Waals surface area contributed by atoms with E-state index in [1.807, 2.05) is 41.3 Å². The second-order valence-electron chi connectivity index (χ2n) is 5.53.